The lowest BCUT2D eigenvalue weighted by molar-refractivity contribution is 0.498. The topological polar surface area (TPSA) is 54.7 Å². The summed E-state index contributed by atoms with van der Waals surface area (Å²) in [7, 11) is 0. The Morgan fingerprint density at radius 2 is 2.31 bits per heavy atom. The molecule has 0 aliphatic rings. The number of nitrogens with zero attached hydrogens (tertiary/aromatic N) is 1. The molecule has 2 aromatic heterocycles. The van der Waals surface area contributed by atoms with E-state index in [0.717, 1.165) is 16.3 Å². The van der Waals surface area contributed by atoms with Crippen LogP contribution in [-0.2, 0) is 0 Å². The van der Waals surface area contributed by atoms with Crippen LogP contribution in [0.15, 0.2) is 23.8 Å². The third-order valence-corrected chi connectivity index (χ3v) is 3.72. The number of aromatic amines is 1. The standard InChI is InChI=1S/C12H17N3S/c1-8(2)10(5-13)11-7-16-12(15-11)9-3-4-14-6-9/h3-4,6-8,10,14H,5,13H2,1-2H3. The molecule has 0 amide bonds. The molecule has 2 heterocycles. The minimum atomic E-state index is 0.365. The summed E-state index contributed by atoms with van der Waals surface area (Å²) >= 11 is 1.68. The number of thiazole rings is 1. The fraction of sp³-hybridized carbons (Fsp3) is 0.417. The van der Waals surface area contributed by atoms with Gasteiger partial charge in [0, 0.05) is 35.8 Å². The second kappa shape index (κ2) is 4.80. The van der Waals surface area contributed by atoms with E-state index < -0.39 is 0 Å². The molecule has 0 saturated carbocycles. The second-order valence-electron chi connectivity index (χ2n) is 4.26. The number of hydrogen-bond acceptors (Lipinski definition) is 3. The smallest absolute Gasteiger partial charge is 0.125 e. The Kier molecular flexibility index (Phi) is 3.41. The first kappa shape index (κ1) is 11.4. The quantitative estimate of drug-likeness (QED) is 0.856. The van der Waals surface area contributed by atoms with Crippen LogP contribution in [0.5, 0.6) is 0 Å². The van der Waals surface area contributed by atoms with Crippen molar-refractivity contribution in [1.82, 2.24) is 9.97 Å². The van der Waals surface area contributed by atoms with Gasteiger partial charge < -0.3 is 10.7 Å². The van der Waals surface area contributed by atoms with Crippen LogP contribution in [-0.4, -0.2) is 16.5 Å². The van der Waals surface area contributed by atoms with Gasteiger partial charge in [0.1, 0.15) is 5.01 Å². The van der Waals surface area contributed by atoms with Crippen molar-refractivity contribution in [3.8, 4) is 10.6 Å². The van der Waals surface area contributed by atoms with Crippen molar-refractivity contribution in [3.63, 3.8) is 0 Å². The van der Waals surface area contributed by atoms with E-state index in [1.165, 1.54) is 0 Å². The largest absolute Gasteiger partial charge is 0.367 e. The average Bonchev–Trinajstić information content (AvgIpc) is 2.86. The van der Waals surface area contributed by atoms with Crippen molar-refractivity contribution in [1.29, 1.82) is 0 Å². The van der Waals surface area contributed by atoms with Gasteiger partial charge in [-0.2, -0.15) is 0 Å². The first-order valence-electron chi connectivity index (χ1n) is 5.51. The molecule has 1 unspecified atom stereocenters. The Morgan fingerprint density at radius 3 is 2.88 bits per heavy atom. The zero-order chi connectivity index (χ0) is 11.5. The predicted octanol–water partition coefficient (Wildman–Crippen LogP) is 2.84. The molecule has 3 N–H and O–H groups in total. The lowest BCUT2D eigenvalue weighted by Crippen LogP contribution is -2.18. The number of aromatic nitrogens is 2. The van der Waals surface area contributed by atoms with Gasteiger partial charge in [0.15, 0.2) is 0 Å². The van der Waals surface area contributed by atoms with Gasteiger partial charge in [-0.05, 0) is 12.0 Å². The van der Waals surface area contributed by atoms with Crippen molar-refractivity contribution in [2.45, 2.75) is 19.8 Å². The molecule has 86 valence electrons. The highest BCUT2D eigenvalue weighted by Crippen LogP contribution is 2.29. The maximum absolute atomic E-state index is 5.79. The van der Waals surface area contributed by atoms with Gasteiger partial charge >= 0.3 is 0 Å². The average molecular weight is 235 g/mol. The minimum Gasteiger partial charge on any atom is -0.367 e. The fourth-order valence-electron chi connectivity index (χ4n) is 1.78. The molecule has 16 heavy (non-hydrogen) atoms. The van der Waals surface area contributed by atoms with Crippen molar-refractivity contribution >= 4 is 11.3 Å². The summed E-state index contributed by atoms with van der Waals surface area (Å²) in [6.07, 6.45) is 3.88. The first-order valence-corrected chi connectivity index (χ1v) is 6.39. The SMILES string of the molecule is CC(C)C(CN)c1csc(-c2cc[nH]c2)n1. The number of rotatable bonds is 4. The molecule has 0 aromatic carbocycles. The number of nitrogens with two attached hydrogens (primary N) is 1. The van der Waals surface area contributed by atoms with E-state index >= 15 is 0 Å². The number of H-pyrrole nitrogens is 1. The van der Waals surface area contributed by atoms with Gasteiger partial charge in [0.25, 0.3) is 0 Å². The molecule has 3 nitrogen and oxygen atoms in total. The van der Waals surface area contributed by atoms with Crippen LogP contribution in [0.2, 0.25) is 0 Å². The summed E-state index contributed by atoms with van der Waals surface area (Å²) in [4.78, 5) is 7.71. The monoisotopic (exact) mass is 235 g/mol. The Bertz CT molecular complexity index is 431. The Balaban J connectivity index is 2.25. The lowest BCUT2D eigenvalue weighted by Gasteiger charge is -2.15. The summed E-state index contributed by atoms with van der Waals surface area (Å²) in [5.74, 6) is 0.898. The van der Waals surface area contributed by atoms with Crippen LogP contribution in [0, 0.1) is 5.92 Å². The van der Waals surface area contributed by atoms with Crippen molar-refractivity contribution < 1.29 is 0 Å². The molecule has 2 rings (SSSR count). The third kappa shape index (κ3) is 2.18. The van der Waals surface area contributed by atoms with Gasteiger partial charge in [-0.25, -0.2) is 4.98 Å². The molecular weight excluding hydrogens is 218 g/mol. The molecule has 0 fully saturated rings. The molecule has 0 bridgehead atoms. The zero-order valence-electron chi connectivity index (χ0n) is 9.60. The van der Waals surface area contributed by atoms with Crippen LogP contribution in [0.1, 0.15) is 25.5 Å². The van der Waals surface area contributed by atoms with E-state index in [4.69, 9.17) is 5.73 Å². The Labute approximate surface area is 99.7 Å². The molecule has 0 saturated heterocycles. The highest BCUT2D eigenvalue weighted by Gasteiger charge is 2.17. The molecule has 0 radical (unpaired) electrons. The summed E-state index contributed by atoms with van der Waals surface area (Å²) < 4.78 is 0. The number of hydrogen-bond donors (Lipinski definition) is 2. The van der Waals surface area contributed by atoms with Crippen LogP contribution in [0.25, 0.3) is 10.6 Å². The van der Waals surface area contributed by atoms with Crippen LogP contribution in [0.3, 0.4) is 0 Å². The van der Waals surface area contributed by atoms with Crippen LogP contribution >= 0.6 is 11.3 Å². The molecular formula is C12H17N3S. The summed E-state index contributed by atoms with van der Waals surface area (Å²) in [5.41, 5.74) is 8.06. The van der Waals surface area contributed by atoms with Gasteiger partial charge in [0.05, 0.1) is 5.69 Å². The van der Waals surface area contributed by atoms with Crippen LogP contribution < -0.4 is 5.73 Å². The normalized spacial score (nSPS) is 13.2. The predicted molar refractivity (Wildman–Crippen MR) is 68.5 cm³/mol. The highest BCUT2D eigenvalue weighted by molar-refractivity contribution is 7.13. The van der Waals surface area contributed by atoms with E-state index in [1.54, 1.807) is 11.3 Å². The minimum absolute atomic E-state index is 0.365. The van der Waals surface area contributed by atoms with E-state index in [1.807, 2.05) is 18.5 Å². The summed E-state index contributed by atoms with van der Waals surface area (Å²) in [5, 5.41) is 3.19. The Morgan fingerprint density at radius 1 is 1.50 bits per heavy atom. The van der Waals surface area contributed by atoms with E-state index in [9.17, 15) is 0 Å². The van der Waals surface area contributed by atoms with Crippen LogP contribution in [0.4, 0.5) is 0 Å². The summed E-state index contributed by atoms with van der Waals surface area (Å²) in [6, 6.07) is 2.04. The van der Waals surface area contributed by atoms with Gasteiger partial charge in [-0.1, -0.05) is 13.8 Å². The molecule has 0 aliphatic carbocycles. The van der Waals surface area contributed by atoms with Crippen molar-refractivity contribution in [3.05, 3.63) is 29.5 Å². The van der Waals surface area contributed by atoms with E-state index in [0.29, 0.717) is 18.4 Å². The molecule has 4 heteroatoms. The molecule has 1 atom stereocenters. The van der Waals surface area contributed by atoms with Crippen molar-refractivity contribution in [2.24, 2.45) is 11.7 Å². The molecule has 2 aromatic rings. The second-order valence-corrected chi connectivity index (χ2v) is 5.12. The lowest BCUT2D eigenvalue weighted by atomic mass is 9.93. The van der Waals surface area contributed by atoms with Gasteiger partial charge in [-0.15, -0.1) is 11.3 Å². The fourth-order valence-corrected chi connectivity index (χ4v) is 2.66. The third-order valence-electron chi connectivity index (χ3n) is 2.81. The molecule has 0 aliphatic heterocycles. The maximum Gasteiger partial charge on any atom is 0.125 e. The Hall–Kier alpha value is -1.13. The van der Waals surface area contributed by atoms with Gasteiger partial charge in [0.2, 0.25) is 0 Å². The highest BCUT2D eigenvalue weighted by atomic mass is 32.1. The van der Waals surface area contributed by atoms with Crippen molar-refractivity contribution in [2.75, 3.05) is 6.54 Å². The van der Waals surface area contributed by atoms with Gasteiger partial charge in [-0.3, -0.25) is 0 Å². The molecule has 0 spiro atoms. The van der Waals surface area contributed by atoms with E-state index in [-0.39, 0.29) is 0 Å². The van der Waals surface area contributed by atoms with E-state index in [2.05, 4.69) is 29.2 Å². The summed E-state index contributed by atoms with van der Waals surface area (Å²) in [6.45, 7) is 5.04. The zero-order valence-corrected chi connectivity index (χ0v) is 10.4. The number of nitrogens with one attached hydrogen (secondary N) is 1. The maximum atomic E-state index is 5.79. The first-order chi connectivity index (χ1) is 7.72.